The first-order valence-corrected chi connectivity index (χ1v) is 9.19. The number of anilines is 1. The molecule has 1 saturated heterocycles. The van der Waals surface area contributed by atoms with Crippen LogP contribution in [0.3, 0.4) is 0 Å². The molecule has 0 bridgehead atoms. The van der Waals surface area contributed by atoms with Crippen molar-refractivity contribution in [2.75, 3.05) is 18.1 Å². The van der Waals surface area contributed by atoms with E-state index in [-0.39, 0.29) is 12.5 Å². The average molecular weight is 406 g/mol. The molecule has 8 heteroatoms. The zero-order chi connectivity index (χ0) is 21.2. The number of ether oxygens (including phenoxy) is 1. The number of nitrogens with zero attached hydrogens (tertiary/aromatic N) is 1. The summed E-state index contributed by atoms with van der Waals surface area (Å²) in [5.41, 5.74) is 0.451. The molecule has 1 unspecified atom stereocenters. The second-order valence-corrected chi connectivity index (χ2v) is 7.13. The number of hydrogen-bond donors (Lipinski definition) is 1. The van der Waals surface area contributed by atoms with Gasteiger partial charge in [-0.15, -0.1) is 0 Å². The van der Waals surface area contributed by atoms with Crippen LogP contribution in [0.4, 0.5) is 23.7 Å². The van der Waals surface area contributed by atoms with Crippen LogP contribution >= 0.6 is 0 Å². The van der Waals surface area contributed by atoms with Gasteiger partial charge in [-0.2, -0.15) is 13.2 Å². The van der Waals surface area contributed by atoms with Gasteiger partial charge in [0.15, 0.2) is 0 Å². The van der Waals surface area contributed by atoms with Crippen molar-refractivity contribution in [2.24, 2.45) is 5.92 Å². The molecule has 0 saturated carbocycles. The summed E-state index contributed by atoms with van der Waals surface area (Å²) in [7, 11) is 0. The van der Waals surface area contributed by atoms with E-state index in [4.69, 9.17) is 4.74 Å². The van der Waals surface area contributed by atoms with Crippen molar-refractivity contribution in [3.05, 3.63) is 65.2 Å². The van der Waals surface area contributed by atoms with Crippen molar-refractivity contribution in [1.82, 2.24) is 5.32 Å². The Morgan fingerprint density at radius 3 is 2.48 bits per heavy atom. The van der Waals surface area contributed by atoms with Gasteiger partial charge in [-0.25, -0.2) is 4.79 Å². The average Bonchev–Trinajstić information content (AvgIpc) is 3.11. The number of rotatable bonds is 5. The summed E-state index contributed by atoms with van der Waals surface area (Å²) in [5, 5.41) is 2.82. The van der Waals surface area contributed by atoms with E-state index >= 15 is 0 Å². The number of nitrogens with one attached hydrogen (secondary N) is 1. The lowest BCUT2D eigenvalue weighted by Gasteiger charge is -2.24. The summed E-state index contributed by atoms with van der Waals surface area (Å²) < 4.78 is 44.1. The summed E-state index contributed by atoms with van der Waals surface area (Å²) in [6, 6.07) is 10.8. The van der Waals surface area contributed by atoms with E-state index < -0.39 is 29.8 Å². The third-order valence-electron chi connectivity index (χ3n) is 4.71. The Morgan fingerprint density at radius 2 is 1.86 bits per heavy atom. The van der Waals surface area contributed by atoms with E-state index in [0.29, 0.717) is 23.4 Å². The lowest BCUT2D eigenvalue weighted by atomic mass is 9.94. The first kappa shape index (κ1) is 20.7. The van der Waals surface area contributed by atoms with E-state index in [1.165, 1.54) is 11.0 Å². The molecule has 0 radical (unpaired) electrons. The maximum atomic E-state index is 13.1. The number of carbonyl (C=O) groups is 2. The third kappa shape index (κ3) is 4.70. The molecule has 3 rings (SSSR count). The number of halogens is 3. The second-order valence-electron chi connectivity index (χ2n) is 7.13. The van der Waals surface area contributed by atoms with Crippen molar-refractivity contribution in [1.29, 1.82) is 0 Å². The van der Waals surface area contributed by atoms with Crippen LogP contribution < -0.4 is 10.2 Å². The van der Waals surface area contributed by atoms with E-state index in [1.807, 2.05) is 13.8 Å². The van der Waals surface area contributed by atoms with Crippen LogP contribution in [-0.2, 0) is 10.9 Å². The Labute approximate surface area is 166 Å². The summed E-state index contributed by atoms with van der Waals surface area (Å²) in [6.45, 7) is 4.31. The van der Waals surface area contributed by atoms with Gasteiger partial charge < -0.3 is 10.1 Å². The standard InChI is InChI=1S/C21H21F3N2O3/c1-13(2)18(14-5-3-7-16(11-14)21(22,23)24)25-19(27)15-6-4-8-17(12-15)26-9-10-29-20(26)28/h3-8,11-13,18H,9-10H2,1-2H3,(H,25,27). The van der Waals surface area contributed by atoms with Crippen LogP contribution in [0, 0.1) is 5.92 Å². The Bertz CT molecular complexity index is 912. The second kappa shape index (κ2) is 8.14. The number of carbonyl (C=O) groups excluding carboxylic acids is 2. The van der Waals surface area contributed by atoms with Gasteiger partial charge >= 0.3 is 12.3 Å². The van der Waals surface area contributed by atoms with E-state index in [1.54, 1.807) is 30.3 Å². The molecule has 5 nitrogen and oxygen atoms in total. The van der Waals surface area contributed by atoms with Crippen LogP contribution in [-0.4, -0.2) is 25.2 Å². The Hall–Kier alpha value is -3.03. The van der Waals surface area contributed by atoms with Gasteiger partial charge in [0.1, 0.15) is 6.61 Å². The van der Waals surface area contributed by atoms with Crippen molar-refractivity contribution in [2.45, 2.75) is 26.1 Å². The highest BCUT2D eigenvalue weighted by Gasteiger charge is 2.31. The van der Waals surface area contributed by atoms with E-state index in [2.05, 4.69) is 5.32 Å². The fourth-order valence-corrected chi connectivity index (χ4v) is 3.21. The van der Waals surface area contributed by atoms with Crippen molar-refractivity contribution >= 4 is 17.7 Å². The molecule has 0 spiro atoms. The summed E-state index contributed by atoms with van der Waals surface area (Å²) >= 11 is 0. The predicted octanol–water partition coefficient (Wildman–Crippen LogP) is 4.79. The zero-order valence-electron chi connectivity index (χ0n) is 16.0. The fraction of sp³-hybridized carbons (Fsp3) is 0.333. The molecule has 0 aliphatic carbocycles. The molecule has 1 atom stereocenters. The molecule has 1 N–H and O–H groups in total. The lowest BCUT2D eigenvalue weighted by molar-refractivity contribution is -0.137. The molecular weight excluding hydrogens is 385 g/mol. The van der Waals surface area contributed by atoms with E-state index in [9.17, 15) is 22.8 Å². The highest BCUT2D eigenvalue weighted by molar-refractivity contribution is 5.97. The van der Waals surface area contributed by atoms with Crippen LogP contribution in [0.25, 0.3) is 0 Å². The van der Waals surface area contributed by atoms with Crippen LogP contribution in [0.15, 0.2) is 48.5 Å². The topological polar surface area (TPSA) is 58.6 Å². The van der Waals surface area contributed by atoms with Gasteiger partial charge in [0.2, 0.25) is 0 Å². The van der Waals surface area contributed by atoms with E-state index in [0.717, 1.165) is 12.1 Å². The lowest BCUT2D eigenvalue weighted by Crippen LogP contribution is -2.32. The molecule has 1 aliphatic rings. The monoisotopic (exact) mass is 406 g/mol. The molecule has 154 valence electrons. The van der Waals surface area contributed by atoms with Crippen LogP contribution in [0.5, 0.6) is 0 Å². The number of alkyl halides is 3. The minimum Gasteiger partial charge on any atom is -0.447 e. The highest BCUT2D eigenvalue weighted by atomic mass is 19.4. The molecule has 1 heterocycles. The molecule has 2 aromatic carbocycles. The quantitative estimate of drug-likeness (QED) is 0.777. The third-order valence-corrected chi connectivity index (χ3v) is 4.71. The SMILES string of the molecule is CC(C)C(NC(=O)c1cccc(N2CCOC2=O)c1)c1cccc(C(F)(F)F)c1. The molecular formula is C21H21F3N2O3. The number of hydrogen-bond acceptors (Lipinski definition) is 3. The largest absolute Gasteiger partial charge is 0.447 e. The number of cyclic esters (lactones) is 1. The van der Waals surface area contributed by atoms with Crippen molar-refractivity contribution < 1.29 is 27.5 Å². The smallest absolute Gasteiger partial charge is 0.416 e. The Kier molecular flexibility index (Phi) is 5.81. The molecule has 0 aromatic heterocycles. The molecule has 2 amide bonds. The Balaban J connectivity index is 1.83. The molecule has 29 heavy (non-hydrogen) atoms. The maximum absolute atomic E-state index is 13.1. The fourth-order valence-electron chi connectivity index (χ4n) is 3.21. The predicted molar refractivity (Wildman–Crippen MR) is 102 cm³/mol. The van der Waals surface area contributed by atoms with Gasteiger partial charge in [-0.3, -0.25) is 9.69 Å². The molecule has 1 aliphatic heterocycles. The minimum absolute atomic E-state index is 0.140. The van der Waals surface area contributed by atoms with Gasteiger partial charge in [0, 0.05) is 11.3 Å². The zero-order valence-corrected chi connectivity index (χ0v) is 16.0. The molecule has 2 aromatic rings. The summed E-state index contributed by atoms with van der Waals surface area (Å²) in [5.74, 6) is -0.574. The first-order valence-electron chi connectivity index (χ1n) is 9.19. The van der Waals surface area contributed by atoms with Gasteiger partial charge in [-0.1, -0.05) is 32.0 Å². The normalized spacial score (nSPS) is 15.4. The highest BCUT2D eigenvalue weighted by Crippen LogP contribution is 2.32. The van der Waals surface area contributed by atoms with Gasteiger partial charge in [-0.05, 0) is 41.8 Å². The Morgan fingerprint density at radius 1 is 1.14 bits per heavy atom. The maximum Gasteiger partial charge on any atom is 0.416 e. The molecule has 1 fully saturated rings. The van der Waals surface area contributed by atoms with Gasteiger partial charge in [0.05, 0.1) is 18.2 Å². The van der Waals surface area contributed by atoms with Gasteiger partial charge in [0.25, 0.3) is 5.91 Å². The van der Waals surface area contributed by atoms with Crippen molar-refractivity contribution in [3.8, 4) is 0 Å². The van der Waals surface area contributed by atoms with Crippen molar-refractivity contribution in [3.63, 3.8) is 0 Å². The first-order chi connectivity index (χ1) is 13.7. The number of amides is 2. The number of benzene rings is 2. The summed E-state index contributed by atoms with van der Waals surface area (Å²) in [6.07, 6.45) is -4.94. The van der Waals surface area contributed by atoms with Crippen LogP contribution in [0.2, 0.25) is 0 Å². The minimum atomic E-state index is -4.46. The summed E-state index contributed by atoms with van der Waals surface area (Å²) in [4.78, 5) is 25.9. The van der Waals surface area contributed by atoms with Crippen LogP contribution in [0.1, 0.15) is 41.4 Å².